The van der Waals surface area contributed by atoms with E-state index in [-0.39, 0.29) is 16.3 Å². The number of benzene rings is 2. The molecule has 1 heterocycles. The van der Waals surface area contributed by atoms with Crippen LogP contribution >= 0.6 is 11.6 Å². The molecule has 3 N–H and O–H groups in total. The van der Waals surface area contributed by atoms with Gasteiger partial charge in [-0.05, 0) is 42.3 Å². The van der Waals surface area contributed by atoms with Crippen LogP contribution in [0.2, 0.25) is 5.02 Å². The van der Waals surface area contributed by atoms with E-state index >= 15 is 0 Å². The predicted octanol–water partition coefficient (Wildman–Crippen LogP) is 3.58. The Kier molecular flexibility index (Phi) is 6.01. The Labute approximate surface area is 166 Å². The van der Waals surface area contributed by atoms with E-state index in [1.807, 2.05) is 12.1 Å². The Hall–Kier alpha value is -2.84. The van der Waals surface area contributed by atoms with Crippen LogP contribution in [-0.2, 0) is 16.4 Å². The fourth-order valence-corrected chi connectivity index (χ4v) is 3.79. The number of hydrogen-bond acceptors (Lipinski definition) is 3. The average molecular weight is 422 g/mol. The van der Waals surface area contributed by atoms with Gasteiger partial charge in [-0.2, -0.15) is 0 Å². The lowest BCUT2D eigenvalue weighted by Crippen LogP contribution is -2.26. The molecule has 2 aromatic carbocycles. The zero-order valence-electron chi connectivity index (χ0n) is 14.6. The standard InChI is InChI=1S/C19H17ClFN3O3S/c20-14-5-3-4-13(10-14)8-9-22-19(25)18-11-15(12-23-18)28(26,27)24-17-7-2-1-6-16(17)21/h1-7,10-12,23-24H,8-9H2,(H,22,25). The summed E-state index contributed by atoms with van der Waals surface area (Å²) >= 11 is 5.92. The number of anilines is 1. The zero-order chi connectivity index (χ0) is 20.1. The van der Waals surface area contributed by atoms with E-state index in [0.29, 0.717) is 18.0 Å². The van der Waals surface area contributed by atoms with Gasteiger partial charge in [-0.3, -0.25) is 9.52 Å². The van der Waals surface area contributed by atoms with Gasteiger partial charge in [0, 0.05) is 17.8 Å². The molecule has 3 rings (SSSR count). The minimum absolute atomic E-state index is 0.0833. The minimum Gasteiger partial charge on any atom is -0.356 e. The minimum atomic E-state index is -4.03. The number of H-pyrrole nitrogens is 1. The van der Waals surface area contributed by atoms with Crippen LogP contribution in [0.3, 0.4) is 0 Å². The molecule has 1 aromatic heterocycles. The number of aromatic nitrogens is 1. The largest absolute Gasteiger partial charge is 0.356 e. The van der Waals surface area contributed by atoms with Gasteiger partial charge in [-0.15, -0.1) is 0 Å². The molecule has 0 bridgehead atoms. The lowest BCUT2D eigenvalue weighted by atomic mass is 10.1. The van der Waals surface area contributed by atoms with Gasteiger partial charge in [0.1, 0.15) is 16.4 Å². The maximum absolute atomic E-state index is 13.7. The number of rotatable bonds is 7. The molecule has 0 saturated heterocycles. The number of aromatic amines is 1. The van der Waals surface area contributed by atoms with Gasteiger partial charge < -0.3 is 10.3 Å². The third-order valence-electron chi connectivity index (χ3n) is 3.92. The lowest BCUT2D eigenvalue weighted by Gasteiger charge is -2.07. The van der Waals surface area contributed by atoms with Crippen LogP contribution in [0.15, 0.2) is 65.7 Å². The van der Waals surface area contributed by atoms with Gasteiger partial charge in [0.25, 0.3) is 15.9 Å². The smallest absolute Gasteiger partial charge is 0.267 e. The summed E-state index contributed by atoms with van der Waals surface area (Å²) in [5, 5.41) is 3.32. The summed E-state index contributed by atoms with van der Waals surface area (Å²) in [6.07, 6.45) is 1.75. The highest BCUT2D eigenvalue weighted by atomic mass is 35.5. The molecule has 9 heteroatoms. The Morgan fingerprint density at radius 3 is 2.64 bits per heavy atom. The number of carbonyl (C=O) groups excluding carboxylic acids is 1. The zero-order valence-corrected chi connectivity index (χ0v) is 16.1. The highest BCUT2D eigenvalue weighted by Crippen LogP contribution is 2.19. The number of hydrogen-bond donors (Lipinski definition) is 3. The van der Waals surface area contributed by atoms with Crippen LogP contribution in [0.25, 0.3) is 0 Å². The number of nitrogens with one attached hydrogen (secondary N) is 3. The summed E-state index contributed by atoms with van der Waals surface area (Å²) < 4.78 is 40.6. The van der Waals surface area contributed by atoms with E-state index in [0.717, 1.165) is 11.6 Å². The highest BCUT2D eigenvalue weighted by molar-refractivity contribution is 7.92. The average Bonchev–Trinajstić information content (AvgIpc) is 3.15. The Bertz CT molecular complexity index is 1100. The summed E-state index contributed by atoms with van der Waals surface area (Å²) in [4.78, 5) is 14.7. The maximum atomic E-state index is 13.7. The monoisotopic (exact) mass is 421 g/mol. The quantitative estimate of drug-likeness (QED) is 0.544. The van der Waals surface area contributed by atoms with Crippen LogP contribution in [0.4, 0.5) is 10.1 Å². The molecular formula is C19H17ClFN3O3S. The molecule has 0 aliphatic carbocycles. The summed E-state index contributed by atoms with van der Waals surface area (Å²) in [5.41, 5.74) is 0.882. The molecule has 6 nitrogen and oxygen atoms in total. The Morgan fingerprint density at radius 2 is 1.89 bits per heavy atom. The normalized spacial score (nSPS) is 11.2. The number of halogens is 2. The fraction of sp³-hybridized carbons (Fsp3) is 0.105. The van der Waals surface area contributed by atoms with E-state index in [9.17, 15) is 17.6 Å². The second-order valence-corrected chi connectivity index (χ2v) is 8.09. The first-order valence-corrected chi connectivity index (χ1v) is 10.2. The van der Waals surface area contributed by atoms with Crippen molar-refractivity contribution in [2.45, 2.75) is 11.3 Å². The van der Waals surface area contributed by atoms with E-state index in [1.165, 1.54) is 30.5 Å². The SMILES string of the molecule is O=C(NCCc1cccc(Cl)c1)c1cc(S(=O)(=O)Nc2ccccc2F)c[nH]1. The van der Waals surface area contributed by atoms with Gasteiger partial charge in [-0.25, -0.2) is 12.8 Å². The molecule has 0 atom stereocenters. The van der Waals surface area contributed by atoms with Crippen LogP contribution in [0.1, 0.15) is 16.1 Å². The number of carbonyl (C=O) groups is 1. The fourth-order valence-electron chi connectivity index (χ4n) is 2.52. The molecule has 0 spiro atoms. The van der Waals surface area contributed by atoms with E-state index in [4.69, 9.17) is 11.6 Å². The van der Waals surface area contributed by atoms with Crippen molar-refractivity contribution in [2.75, 3.05) is 11.3 Å². The van der Waals surface area contributed by atoms with E-state index in [1.54, 1.807) is 12.1 Å². The van der Waals surface area contributed by atoms with Crippen LogP contribution in [-0.4, -0.2) is 25.9 Å². The molecule has 28 heavy (non-hydrogen) atoms. The van der Waals surface area contributed by atoms with E-state index in [2.05, 4.69) is 15.0 Å². The first kappa shape index (κ1) is 19.9. The summed E-state index contributed by atoms with van der Waals surface area (Å²) in [6, 6.07) is 13.9. The van der Waals surface area contributed by atoms with Crippen molar-refractivity contribution in [3.05, 3.63) is 82.9 Å². The van der Waals surface area contributed by atoms with Gasteiger partial charge >= 0.3 is 0 Å². The molecule has 3 aromatic rings. The predicted molar refractivity (Wildman–Crippen MR) is 105 cm³/mol. The molecule has 0 aliphatic heterocycles. The van der Waals surface area contributed by atoms with Crippen molar-refractivity contribution in [3.63, 3.8) is 0 Å². The van der Waals surface area contributed by atoms with Crippen LogP contribution in [0, 0.1) is 5.82 Å². The van der Waals surface area contributed by atoms with Crippen LogP contribution in [0.5, 0.6) is 0 Å². The molecular weight excluding hydrogens is 405 g/mol. The number of sulfonamides is 1. The van der Waals surface area contributed by atoms with Crippen LogP contribution < -0.4 is 10.0 Å². The number of para-hydroxylation sites is 1. The van der Waals surface area contributed by atoms with Crippen molar-refractivity contribution >= 4 is 33.2 Å². The molecule has 0 aliphatic rings. The van der Waals surface area contributed by atoms with Gasteiger partial charge in [0.15, 0.2) is 0 Å². The molecule has 0 fully saturated rings. The molecule has 0 saturated carbocycles. The summed E-state index contributed by atoms with van der Waals surface area (Å²) in [5.74, 6) is -1.14. The van der Waals surface area contributed by atoms with Gasteiger partial charge in [-0.1, -0.05) is 35.9 Å². The molecule has 0 unspecified atom stereocenters. The Morgan fingerprint density at radius 1 is 1.11 bits per heavy atom. The summed E-state index contributed by atoms with van der Waals surface area (Å²) in [7, 11) is -4.03. The lowest BCUT2D eigenvalue weighted by molar-refractivity contribution is 0.0949. The van der Waals surface area contributed by atoms with Crippen molar-refractivity contribution in [3.8, 4) is 0 Å². The van der Waals surface area contributed by atoms with Crippen molar-refractivity contribution in [2.24, 2.45) is 0 Å². The van der Waals surface area contributed by atoms with Crippen molar-refractivity contribution in [1.29, 1.82) is 0 Å². The topological polar surface area (TPSA) is 91.1 Å². The second-order valence-electron chi connectivity index (χ2n) is 5.97. The van der Waals surface area contributed by atoms with E-state index < -0.39 is 21.7 Å². The molecule has 0 radical (unpaired) electrons. The maximum Gasteiger partial charge on any atom is 0.267 e. The molecule has 1 amide bonds. The second kappa shape index (κ2) is 8.45. The molecule has 146 valence electrons. The first-order valence-electron chi connectivity index (χ1n) is 8.33. The number of amides is 1. The third-order valence-corrected chi connectivity index (χ3v) is 5.50. The highest BCUT2D eigenvalue weighted by Gasteiger charge is 2.19. The van der Waals surface area contributed by atoms with Crippen molar-refractivity contribution < 1.29 is 17.6 Å². The van der Waals surface area contributed by atoms with Crippen molar-refractivity contribution in [1.82, 2.24) is 10.3 Å². The van der Waals surface area contributed by atoms with Gasteiger partial charge in [0.05, 0.1) is 5.69 Å². The first-order chi connectivity index (χ1) is 13.3. The van der Waals surface area contributed by atoms with Gasteiger partial charge in [0.2, 0.25) is 0 Å². The Balaban J connectivity index is 1.62. The summed E-state index contributed by atoms with van der Waals surface area (Å²) in [6.45, 7) is 0.355. The third kappa shape index (κ3) is 4.90.